The number of methoxy groups -OCH3 is 1. The average Bonchev–Trinajstić information content (AvgIpc) is 3.05. The molecule has 1 fully saturated rings. The number of carbonyl (C=O) groups excluding carboxylic acids is 2. The highest BCUT2D eigenvalue weighted by Gasteiger charge is 2.35. The van der Waals surface area contributed by atoms with Crippen LogP contribution in [0, 0.1) is 5.92 Å². The maximum absolute atomic E-state index is 13.6. The Morgan fingerprint density at radius 2 is 1.97 bits per heavy atom. The van der Waals surface area contributed by atoms with Crippen molar-refractivity contribution in [2.45, 2.75) is 32.7 Å². The molecule has 0 aromatic heterocycles. The highest BCUT2D eigenvalue weighted by Crippen LogP contribution is 2.27. The second kappa shape index (κ2) is 13.0. The van der Waals surface area contributed by atoms with Gasteiger partial charge in [0.2, 0.25) is 5.91 Å². The van der Waals surface area contributed by atoms with Crippen LogP contribution in [-0.2, 0) is 16.1 Å². The second-order valence-electron chi connectivity index (χ2n) is 8.46. The molecule has 1 aliphatic heterocycles. The van der Waals surface area contributed by atoms with Crippen LogP contribution in [0.25, 0.3) is 0 Å². The van der Waals surface area contributed by atoms with Gasteiger partial charge in [-0.2, -0.15) is 0 Å². The molecule has 1 saturated heterocycles. The first-order valence-electron chi connectivity index (χ1n) is 12.0. The molecule has 198 valence electrons. The number of carboxylic acid groups (broad SMARTS) is 1. The average molecular weight is 531 g/mol. The number of carboxylic acids is 1. The molecule has 0 radical (unpaired) electrons. The summed E-state index contributed by atoms with van der Waals surface area (Å²) in [6, 6.07) is 10.4. The fraction of sp³-hybridized carbons (Fsp3) is 0.385. The van der Waals surface area contributed by atoms with Crippen LogP contribution in [0.4, 0.5) is 4.79 Å². The van der Waals surface area contributed by atoms with Crippen LogP contribution in [0.5, 0.6) is 5.75 Å². The fourth-order valence-electron chi connectivity index (χ4n) is 4.05. The lowest BCUT2D eigenvalue weighted by Gasteiger charge is -2.26. The predicted molar refractivity (Wildman–Crippen MR) is 139 cm³/mol. The number of amides is 3. The van der Waals surface area contributed by atoms with Gasteiger partial charge in [0.15, 0.2) is 5.84 Å². The third kappa shape index (κ3) is 7.13. The van der Waals surface area contributed by atoms with Gasteiger partial charge < -0.3 is 25.3 Å². The first-order chi connectivity index (χ1) is 17.8. The molecule has 2 unspecified atom stereocenters. The number of urea groups is 1. The Bertz CT molecular complexity index is 1150. The van der Waals surface area contributed by atoms with Gasteiger partial charge in [0, 0.05) is 11.6 Å². The summed E-state index contributed by atoms with van der Waals surface area (Å²) < 4.78 is 5.43. The minimum atomic E-state index is -1.03. The van der Waals surface area contributed by atoms with Crippen LogP contribution >= 0.6 is 11.6 Å². The Balaban J connectivity index is 1.85. The number of amidine groups is 1. The smallest absolute Gasteiger partial charge is 0.335 e. The molecule has 10 nitrogen and oxygen atoms in total. The molecule has 0 bridgehead atoms. The van der Waals surface area contributed by atoms with Gasteiger partial charge >= 0.3 is 12.0 Å². The molecule has 1 heterocycles. The Morgan fingerprint density at radius 3 is 2.59 bits per heavy atom. The zero-order chi connectivity index (χ0) is 26.9. The number of hydrogen-bond acceptors (Lipinski definition) is 6. The summed E-state index contributed by atoms with van der Waals surface area (Å²) in [7, 11) is 1.54. The number of imide groups is 1. The molecular weight excluding hydrogens is 500 g/mol. The zero-order valence-electron chi connectivity index (χ0n) is 21.0. The monoisotopic (exact) mass is 530 g/mol. The summed E-state index contributed by atoms with van der Waals surface area (Å²) in [6.45, 7) is 4.14. The van der Waals surface area contributed by atoms with E-state index in [1.54, 1.807) is 44.4 Å². The maximum atomic E-state index is 13.6. The highest BCUT2D eigenvalue weighted by molar-refractivity contribution is 6.30. The van der Waals surface area contributed by atoms with E-state index in [0.29, 0.717) is 29.6 Å². The molecule has 0 saturated carbocycles. The number of halogens is 1. The Kier molecular flexibility index (Phi) is 9.73. The molecular formula is C26H31ClN4O6. The number of nitrogens with one attached hydrogen (secondary N) is 2. The highest BCUT2D eigenvalue weighted by atomic mass is 35.5. The molecule has 1 aliphatic rings. The van der Waals surface area contributed by atoms with Gasteiger partial charge in [0.1, 0.15) is 12.4 Å². The van der Waals surface area contributed by atoms with Crippen molar-refractivity contribution in [2.24, 2.45) is 11.1 Å². The maximum Gasteiger partial charge on any atom is 0.335 e. The number of oxime groups is 1. The topological polar surface area (TPSA) is 130 Å². The van der Waals surface area contributed by atoms with Gasteiger partial charge in [-0.25, -0.2) is 9.59 Å². The molecule has 2 atom stereocenters. The second-order valence-corrected chi connectivity index (χ2v) is 8.89. The molecule has 2 aromatic rings. The van der Waals surface area contributed by atoms with Crippen LogP contribution in [0.2, 0.25) is 5.02 Å². The number of ether oxygens (including phenoxy) is 1. The van der Waals surface area contributed by atoms with Crippen molar-refractivity contribution in [1.82, 2.24) is 15.5 Å². The van der Waals surface area contributed by atoms with E-state index >= 15 is 0 Å². The molecule has 3 amide bonds. The van der Waals surface area contributed by atoms with Gasteiger partial charge in [-0.15, -0.1) is 0 Å². The van der Waals surface area contributed by atoms with Crippen LogP contribution < -0.4 is 15.4 Å². The van der Waals surface area contributed by atoms with E-state index < -0.39 is 24.0 Å². The fourth-order valence-corrected chi connectivity index (χ4v) is 4.24. The minimum absolute atomic E-state index is 0.0950. The van der Waals surface area contributed by atoms with Crippen LogP contribution in [0.1, 0.15) is 47.8 Å². The first-order valence-corrected chi connectivity index (χ1v) is 12.3. The summed E-state index contributed by atoms with van der Waals surface area (Å²) in [4.78, 5) is 44.5. The van der Waals surface area contributed by atoms with E-state index in [2.05, 4.69) is 15.8 Å². The lowest BCUT2D eigenvalue weighted by Crippen LogP contribution is -2.48. The van der Waals surface area contributed by atoms with Gasteiger partial charge in [-0.1, -0.05) is 35.8 Å². The molecule has 37 heavy (non-hydrogen) atoms. The van der Waals surface area contributed by atoms with E-state index in [4.69, 9.17) is 26.3 Å². The number of carbonyl (C=O) groups is 3. The molecule has 2 aromatic carbocycles. The number of hydrogen-bond donors (Lipinski definition) is 3. The van der Waals surface area contributed by atoms with Crippen molar-refractivity contribution in [1.29, 1.82) is 0 Å². The summed E-state index contributed by atoms with van der Waals surface area (Å²) in [6.07, 6.45) is 0.816. The van der Waals surface area contributed by atoms with Gasteiger partial charge in [-0.3, -0.25) is 9.69 Å². The lowest BCUT2D eigenvalue weighted by molar-refractivity contribution is -0.131. The molecule has 0 aliphatic carbocycles. The standard InChI is InChI=1S/C26H31ClN4O6/c1-4-21(16-6-8-17(9-7-16)25(33)34)29-26(35)31-15-23(30-37-5-2)28-14-19(24(31)32)12-18-13-20(27)10-11-22(18)36-3/h6-11,13,19,21H,4-5,12,14-15H2,1-3H3,(H,28,30)(H,29,35)(H,33,34). The van der Waals surface area contributed by atoms with Crippen molar-refractivity contribution < 1.29 is 29.1 Å². The number of nitrogens with zero attached hydrogens (tertiary/aromatic N) is 2. The van der Waals surface area contributed by atoms with Gasteiger partial charge in [0.25, 0.3) is 0 Å². The normalized spacial score (nSPS) is 17.5. The van der Waals surface area contributed by atoms with Crippen molar-refractivity contribution >= 4 is 35.3 Å². The van der Waals surface area contributed by atoms with E-state index in [-0.39, 0.29) is 31.0 Å². The van der Waals surface area contributed by atoms with E-state index in [0.717, 1.165) is 16.0 Å². The van der Waals surface area contributed by atoms with Gasteiger partial charge in [0.05, 0.1) is 31.2 Å². The Morgan fingerprint density at radius 1 is 1.24 bits per heavy atom. The largest absolute Gasteiger partial charge is 0.496 e. The number of benzene rings is 2. The lowest BCUT2D eigenvalue weighted by atomic mass is 9.97. The molecule has 3 rings (SSSR count). The zero-order valence-corrected chi connectivity index (χ0v) is 21.7. The quantitative estimate of drug-likeness (QED) is 0.420. The van der Waals surface area contributed by atoms with Crippen LogP contribution in [0.15, 0.2) is 47.6 Å². The van der Waals surface area contributed by atoms with Crippen molar-refractivity contribution in [3.63, 3.8) is 0 Å². The van der Waals surface area contributed by atoms with Crippen molar-refractivity contribution in [2.75, 3.05) is 26.8 Å². The third-order valence-corrected chi connectivity index (χ3v) is 6.23. The van der Waals surface area contributed by atoms with Crippen molar-refractivity contribution in [3.05, 3.63) is 64.2 Å². The Hall–Kier alpha value is -3.79. The Labute approximate surface area is 220 Å². The summed E-state index contributed by atoms with van der Waals surface area (Å²) in [5, 5.41) is 19.7. The molecule has 3 N–H and O–H groups in total. The molecule has 11 heteroatoms. The van der Waals surface area contributed by atoms with E-state index in [1.807, 2.05) is 6.92 Å². The van der Waals surface area contributed by atoms with E-state index in [1.165, 1.54) is 12.1 Å². The van der Waals surface area contributed by atoms with Gasteiger partial charge in [-0.05, 0) is 61.2 Å². The summed E-state index contributed by atoms with van der Waals surface area (Å²) in [5.41, 5.74) is 1.62. The van der Waals surface area contributed by atoms with Crippen molar-refractivity contribution in [3.8, 4) is 5.75 Å². The number of aromatic carboxylic acids is 1. The van der Waals surface area contributed by atoms with E-state index in [9.17, 15) is 14.4 Å². The van der Waals surface area contributed by atoms with Crippen LogP contribution in [-0.4, -0.2) is 60.6 Å². The first kappa shape index (κ1) is 27.8. The predicted octanol–water partition coefficient (Wildman–Crippen LogP) is 3.85. The SMILES string of the molecule is CCO/N=C1/CN(C(=O)NC(CC)c2ccc(C(=O)O)cc2)C(=O)C(Cc2cc(Cl)ccc2OC)CN1. The summed E-state index contributed by atoms with van der Waals surface area (Å²) in [5.74, 6) is -1.08. The summed E-state index contributed by atoms with van der Waals surface area (Å²) >= 11 is 6.18. The number of rotatable bonds is 9. The minimum Gasteiger partial charge on any atom is -0.496 e. The van der Waals surface area contributed by atoms with Crippen LogP contribution in [0.3, 0.4) is 0 Å². The third-order valence-electron chi connectivity index (χ3n) is 6.00. The molecule has 0 spiro atoms.